The van der Waals surface area contributed by atoms with Crippen LogP contribution in [0.4, 0.5) is 0 Å². The fourth-order valence-electron chi connectivity index (χ4n) is 10.7. The van der Waals surface area contributed by atoms with Gasteiger partial charge in [0, 0.05) is 0 Å². The summed E-state index contributed by atoms with van der Waals surface area (Å²) in [5, 5.41) is 46.1. The monoisotopic (exact) mass is 546 g/mol. The Hall–Kier alpha value is -1.72. The summed E-state index contributed by atoms with van der Waals surface area (Å²) in [7, 11) is 0. The normalized spacial score (nSPS) is 42.0. The molecule has 0 amide bonds. The molecule has 4 saturated carbocycles. The van der Waals surface area contributed by atoms with Gasteiger partial charge in [-0.2, -0.15) is 0 Å². The Morgan fingerprint density at radius 1 is 0.825 bits per heavy atom. The molecule has 4 aliphatic carbocycles. The second-order valence-corrected chi connectivity index (χ2v) is 14.6. The highest BCUT2D eigenvalue weighted by molar-refractivity contribution is 5.35. The van der Waals surface area contributed by atoms with Crippen LogP contribution in [-0.2, 0) is 5.60 Å². The first-order valence-corrected chi connectivity index (χ1v) is 16.0. The maximum atomic E-state index is 12.1. The van der Waals surface area contributed by atoms with Gasteiger partial charge in [0.15, 0.2) is 0 Å². The second kappa shape index (κ2) is 10.5. The van der Waals surface area contributed by atoms with Crippen molar-refractivity contribution in [1.82, 2.24) is 0 Å². The molecular weight excluding hydrogens is 496 g/mol. The van der Waals surface area contributed by atoms with Crippen LogP contribution in [0.1, 0.15) is 89.7 Å². The third-order valence-corrected chi connectivity index (χ3v) is 13.0. The molecule has 11 atom stereocenters. The van der Waals surface area contributed by atoms with Crippen molar-refractivity contribution in [3.8, 4) is 0 Å². The number of aliphatic hydroxyl groups is 4. The third kappa shape index (κ3) is 4.40. The summed E-state index contributed by atoms with van der Waals surface area (Å²) in [4.78, 5) is 0. The predicted molar refractivity (Wildman–Crippen MR) is 158 cm³/mol. The van der Waals surface area contributed by atoms with E-state index in [0.29, 0.717) is 36.0 Å². The van der Waals surface area contributed by atoms with Gasteiger partial charge < -0.3 is 20.4 Å². The van der Waals surface area contributed by atoms with Crippen LogP contribution in [-0.4, -0.2) is 38.7 Å². The molecule has 0 heterocycles. The molecule has 0 aliphatic heterocycles. The highest BCUT2D eigenvalue weighted by Gasteiger charge is 2.65. The number of rotatable bonds is 6. The first-order valence-electron chi connectivity index (χ1n) is 16.0. The fourth-order valence-corrected chi connectivity index (χ4v) is 10.7. The van der Waals surface area contributed by atoms with Gasteiger partial charge in [-0.05, 0) is 115 Å². The van der Waals surface area contributed by atoms with E-state index in [9.17, 15) is 20.4 Å². The average Bonchev–Trinajstić information content (AvgIpc) is 3.32. The Labute approximate surface area is 240 Å². The SMILES string of the molecule is C[C@@H](CCC(O)(c1ccccc1)c1ccccc1)[C@H]1CC[C@H]2[C@@H]3[C@H](O)C[C@H]4C[C@@H](O)CC[C@]4(C)[C@H]3C[C@@H](O)[C@]12C. The minimum Gasteiger partial charge on any atom is -0.393 e. The van der Waals surface area contributed by atoms with Crippen molar-refractivity contribution in [2.75, 3.05) is 0 Å². The molecule has 2 aromatic carbocycles. The van der Waals surface area contributed by atoms with E-state index >= 15 is 0 Å². The Morgan fingerprint density at radius 2 is 1.45 bits per heavy atom. The van der Waals surface area contributed by atoms with E-state index in [1.54, 1.807) is 0 Å². The van der Waals surface area contributed by atoms with Crippen molar-refractivity contribution in [3.63, 3.8) is 0 Å². The molecule has 40 heavy (non-hydrogen) atoms. The van der Waals surface area contributed by atoms with Crippen molar-refractivity contribution >= 4 is 0 Å². The summed E-state index contributed by atoms with van der Waals surface area (Å²) in [6.45, 7) is 7.04. The smallest absolute Gasteiger partial charge is 0.115 e. The molecule has 4 fully saturated rings. The van der Waals surface area contributed by atoms with Gasteiger partial charge in [-0.1, -0.05) is 81.4 Å². The van der Waals surface area contributed by atoms with Crippen LogP contribution in [0, 0.1) is 46.3 Å². The van der Waals surface area contributed by atoms with Gasteiger partial charge in [0.2, 0.25) is 0 Å². The lowest BCUT2D eigenvalue weighted by molar-refractivity contribution is -0.207. The van der Waals surface area contributed by atoms with Crippen molar-refractivity contribution in [2.24, 2.45) is 46.3 Å². The van der Waals surface area contributed by atoms with Crippen LogP contribution >= 0.6 is 0 Å². The molecule has 2 aromatic rings. The van der Waals surface area contributed by atoms with Crippen molar-refractivity contribution in [3.05, 3.63) is 71.8 Å². The standard InChI is InChI=1S/C36H50O4/c1-23(16-19-36(40,24-10-6-4-7-11-24)25-12-8-5-9-13-25)28-14-15-29-33-30(22-32(39)35(28,29)3)34(2)18-17-27(37)20-26(34)21-31(33)38/h4-13,23,26-33,37-40H,14-22H2,1-3H3/t23-,26+,27-,28+,29-,30-,31+,32+,33-,34-,35+/m0/s1. The molecule has 0 saturated heterocycles. The highest BCUT2D eigenvalue weighted by atomic mass is 16.3. The van der Waals surface area contributed by atoms with Crippen LogP contribution < -0.4 is 0 Å². The van der Waals surface area contributed by atoms with Gasteiger partial charge in [0.25, 0.3) is 0 Å². The molecule has 0 radical (unpaired) electrons. The summed E-state index contributed by atoms with van der Waals surface area (Å²) >= 11 is 0. The van der Waals surface area contributed by atoms with Crippen molar-refractivity contribution < 1.29 is 20.4 Å². The average molecular weight is 547 g/mol. The Bertz CT molecular complexity index is 1110. The zero-order chi connectivity index (χ0) is 28.3. The summed E-state index contributed by atoms with van der Waals surface area (Å²) in [5.41, 5.74) is 0.666. The summed E-state index contributed by atoms with van der Waals surface area (Å²) in [6.07, 6.45) is 6.85. The minimum absolute atomic E-state index is 0.0942. The number of aliphatic hydroxyl groups excluding tert-OH is 3. The first kappa shape index (κ1) is 28.4. The van der Waals surface area contributed by atoms with E-state index in [2.05, 4.69) is 20.8 Å². The third-order valence-electron chi connectivity index (χ3n) is 13.0. The van der Waals surface area contributed by atoms with Crippen molar-refractivity contribution in [1.29, 1.82) is 0 Å². The van der Waals surface area contributed by atoms with E-state index in [1.807, 2.05) is 60.7 Å². The summed E-state index contributed by atoms with van der Waals surface area (Å²) in [5.74, 6) is 1.90. The number of fused-ring (bicyclic) bond motifs is 5. The lowest BCUT2D eigenvalue weighted by atomic mass is 9.43. The molecular formula is C36H50O4. The summed E-state index contributed by atoms with van der Waals surface area (Å²) < 4.78 is 0. The summed E-state index contributed by atoms with van der Waals surface area (Å²) in [6, 6.07) is 20.1. The number of hydrogen-bond acceptors (Lipinski definition) is 4. The largest absolute Gasteiger partial charge is 0.393 e. The zero-order valence-corrected chi connectivity index (χ0v) is 24.6. The van der Waals surface area contributed by atoms with E-state index in [0.717, 1.165) is 62.5 Å². The van der Waals surface area contributed by atoms with Gasteiger partial charge in [-0.3, -0.25) is 0 Å². The Balaban J connectivity index is 1.24. The van der Waals surface area contributed by atoms with Gasteiger partial charge in [-0.15, -0.1) is 0 Å². The maximum absolute atomic E-state index is 12.1. The number of benzene rings is 2. The number of hydrogen-bond donors (Lipinski definition) is 4. The molecule has 0 aromatic heterocycles. The second-order valence-electron chi connectivity index (χ2n) is 14.6. The molecule has 6 rings (SSSR count). The maximum Gasteiger partial charge on any atom is 0.115 e. The molecule has 0 bridgehead atoms. The molecule has 4 heteroatoms. The molecule has 218 valence electrons. The van der Waals surface area contributed by atoms with Crippen molar-refractivity contribution in [2.45, 2.75) is 102 Å². The van der Waals surface area contributed by atoms with Gasteiger partial charge in [0.1, 0.15) is 5.60 Å². The van der Waals surface area contributed by atoms with E-state index in [1.165, 1.54) is 0 Å². The molecule has 0 unspecified atom stereocenters. The first-order chi connectivity index (χ1) is 19.1. The van der Waals surface area contributed by atoms with Crippen LogP contribution in [0.3, 0.4) is 0 Å². The van der Waals surface area contributed by atoms with Gasteiger partial charge >= 0.3 is 0 Å². The van der Waals surface area contributed by atoms with E-state index < -0.39 is 5.60 Å². The topological polar surface area (TPSA) is 80.9 Å². The van der Waals surface area contributed by atoms with Gasteiger partial charge in [-0.25, -0.2) is 0 Å². The fraction of sp³-hybridized carbons (Fsp3) is 0.667. The molecule has 0 spiro atoms. The Morgan fingerprint density at radius 3 is 2.08 bits per heavy atom. The minimum atomic E-state index is -1.05. The van der Waals surface area contributed by atoms with Crippen LogP contribution in [0.25, 0.3) is 0 Å². The predicted octanol–water partition coefficient (Wildman–Crippen LogP) is 6.30. The zero-order valence-electron chi connectivity index (χ0n) is 24.6. The molecule has 4 N–H and O–H groups in total. The quantitative estimate of drug-likeness (QED) is 0.343. The Kier molecular flexibility index (Phi) is 7.47. The highest BCUT2D eigenvalue weighted by Crippen LogP contribution is 2.68. The lowest BCUT2D eigenvalue weighted by Gasteiger charge is -2.63. The van der Waals surface area contributed by atoms with Crippen LogP contribution in [0.15, 0.2) is 60.7 Å². The van der Waals surface area contributed by atoms with E-state index in [4.69, 9.17) is 0 Å². The lowest BCUT2D eigenvalue weighted by Crippen LogP contribution is -2.62. The molecule has 4 aliphatic rings. The van der Waals surface area contributed by atoms with Crippen LogP contribution in [0.5, 0.6) is 0 Å². The van der Waals surface area contributed by atoms with Crippen LogP contribution in [0.2, 0.25) is 0 Å². The molecule has 4 nitrogen and oxygen atoms in total. The van der Waals surface area contributed by atoms with Gasteiger partial charge in [0.05, 0.1) is 18.3 Å². The van der Waals surface area contributed by atoms with E-state index in [-0.39, 0.29) is 35.1 Å².